The highest BCUT2D eigenvalue weighted by molar-refractivity contribution is 5.12. The summed E-state index contributed by atoms with van der Waals surface area (Å²) in [6.45, 7) is 0.488. The topological polar surface area (TPSA) is 94.8 Å². The Balaban J connectivity index is 1.97. The first-order valence-corrected chi connectivity index (χ1v) is 3.66. The second-order valence-corrected chi connectivity index (χ2v) is 2.36. The zero-order chi connectivity index (χ0) is 9.10. The third-order valence-electron chi connectivity index (χ3n) is 1.48. The van der Waals surface area contributed by atoms with Crippen LogP contribution < -0.4 is 11.2 Å². The van der Waals surface area contributed by atoms with E-state index in [9.17, 15) is 0 Å². The van der Waals surface area contributed by atoms with Crippen LogP contribution in [-0.2, 0) is 6.54 Å². The first-order chi connectivity index (χ1) is 6.36. The zero-order valence-corrected chi connectivity index (χ0v) is 6.71. The summed E-state index contributed by atoms with van der Waals surface area (Å²) < 4.78 is 5.09. The van der Waals surface area contributed by atoms with Crippen molar-refractivity contribution in [2.45, 2.75) is 6.54 Å². The molecule has 7 nitrogen and oxygen atoms in total. The van der Waals surface area contributed by atoms with Gasteiger partial charge in [-0.15, -0.1) is 4.79 Å². The third-order valence-corrected chi connectivity index (χ3v) is 1.48. The Kier molecular flexibility index (Phi) is 1.83. The predicted octanol–water partition coefficient (Wildman–Crippen LogP) is -0.408. The van der Waals surface area contributed by atoms with Gasteiger partial charge in [-0.3, -0.25) is 5.43 Å². The van der Waals surface area contributed by atoms with Gasteiger partial charge in [0.1, 0.15) is 5.76 Å². The quantitative estimate of drug-likeness (QED) is 0.666. The molecule has 2 rings (SSSR count). The number of hydrogen-bond donors (Lipinski definition) is 2. The number of nitrogens with zero attached hydrogens (tertiary/aromatic N) is 4. The maximum Gasteiger partial charge on any atom is 0.260 e. The predicted molar refractivity (Wildman–Crippen MR) is 44.0 cm³/mol. The van der Waals surface area contributed by atoms with Crippen molar-refractivity contribution < 1.29 is 4.42 Å². The number of nitrogens with two attached hydrogens (primary N) is 1. The molecule has 0 amide bonds. The molecule has 2 heterocycles. The molecular formula is C6H8N6O. The Morgan fingerprint density at radius 2 is 2.54 bits per heavy atom. The van der Waals surface area contributed by atoms with E-state index in [1.165, 1.54) is 4.79 Å². The lowest BCUT2D eigenvalue weighted by Crippen LogP contribution is -2.17. The largest absolute Gasteiger partial charge is 0.467 e. The number of anilines is 1. The van der Waals surface area contributed by atoms with Gasteiger partial charge in [0.2, 0.25) is 0 Å². The molecule has 0 aliphatic heterocycles. The van der Waals surface area contributed by atoms with Gasteiger partial charge in [-0.05, 0) is 22.6 Å². The maximum atomic E-state index is 5.41. The standard InChI is InChI=1S/C6H8N6O/c7-6-9-10-11-12(6)8-4-5-2-1-3-13-5/h1-3,8H,4H2,(H2,7,9,11). The molecule has 3 N–H and O–H groups in total. The van der Waals surface area contributed by atoms with Crippen LogP contribution in [-0.4, -0.2) is 20.3 Å². The number of furan rings is 1. The van der Waals surface area contributed by atoms with E-state index in [1.807, 2.05) is 6.07 Å². The lowest BCUT2D eigenvalue weighted by molar-refractivity contribution is 0.505. The van der Waals surface area contributed by atoms with Crippen molar-refractivity contribution in [3.8, 4) is 0 Å². The van der Waals surface area contributed by atoms with E-state index in [0.29, 0.717) is 6.54 Å². The van der Waals surface area contributed by atoms with Crippen molar-refractivity contribution in [2.24, 2.45) is 0 Å². The van der Waals surface area contributed by atoms with Gasteiger partial charge < -0.3 is 10.2 Å². The Morgan fingerprint density at radius 3 is 3.15 bits per heavy atom. The molecule has 2 aromatic rings. The van der Waals surface area contributed by atoms with Gasteiger partial charge in [-0.25, -0.2) is 0 Å². The second kappa shape index (κ2) is 3.13. The molecule has 0 saturated heterocycles. The Labute approximate surface area is 73.5 Å². The minimum absolute atomic E-state index is 0.214. The molecule has 0 saturated carbocycles. The Bertz CT molecular complexity index is 366. The fourth-order valence-corrected chi connectivity index (χ4v) is 0.873. The van der Waals surface area contributed by atoms with Gasteiger partial charge in [0.25, 0.3) is 5.95 Å². The summed E-state index contributed by atoms with van der Waals surface area (Å²) in [4.78, 5) is 1.28. The molecule has 0 atom stereocenters. The van der Waals surface area contributed by atoms with Crippen molar-refractivity contribution in [2.75, 3.05) is 11.2 Å². The minimum atomic E-state index is 0.214. The van der Waals surface area contributed by atoms with Crippen molar-refractivity contribution in [3.05, 3.63) is 24.2 Å². The lowest BCUT2D eigenvalue weighted by Gasteiger charge is -2.02. The smallest absolute Gasteiger partial charge is 0.260 e. The van der Waals surface area contributed by atoms with Crippen LogP contribution in [0.25, 0.3) is 0 Å². The fraction of sp³-hybridized carbons (Fsp3) is 0.167. The van der Waals surface area contributed by atoms with Crippen molar-refractivity contribution in [3.63, 3.8) is 0 Å². The average Bonchev–Trinajstić information content (AvgIpc) is 2.72. The van der Waals surface area contributed by atoms with Crippen LogP contribution in [0.3, 0.4) is 0 Å². The number of hydrogen-bond acceptors (Lipinski definition) is 6. The molecular weight excluding hydrogens is 172 g/mol. The zero-order valence-electron chi connectivity index (χ0n) is 6.71. The van der Waals surface area contributed by atoms with Gasteiger partial charge in [0.15, 0.2) is 0 Å². The van der Waals surface area contributed by atoms with Crippen LogP contribution in [0.5, 0.6) is 0 Å². The number of rotatable bonds is 3. The summed E-state index contributed by atoms with van der Waals surface area (Å²) in [6, 6.07) is 3.65. The van der Waals surface area contributed by atoms with E-state index >= 15 is 0 Å². The summed E-state index contributed by atoms with van der Waals surface area (Å²) in [7, 11) is 0. The summed E-state index contributed by atoms with van der Waals surface area (Å²) in [5.41, 5.74) is 8.27. The van der Waals surface area contributed by atoms with Crippen LogP contribution in [0.2, 0.25) is 0 Å². The molecule has 0 aromatic carbocycles. The van der Waals surface area contributed by atoms with Crippen LogP contribution >= 0.6 is 0 Å². The summed E-state index contributed by atoms with van der Waals surface area (Å²) in [5, 5.41) is 10.5. The lowest BCUT2D eigenvalue weighted by atomic mass is 10.5. The third kappa shape index (κ3) is 1.58. The minimum Gasteiger partial charge on any atom is -0.467 e. The van der Waals surface area contributed by atoms with Crippen LogP contribution in [0.4, 0.5) is 5.95 Å². The highest BCUT2D eigenvalue weighted by atomic mass is 16.3. The first-order valence-electron chi connectivity index (χ1n) is 3.66. The molecule has 7 heteroatoms. The molecule has 0 bridgehead atoms. The first kappa shape index (κ1) is 7.59. The molecule has 0 fully saturated rings. The van der Waals surface area contributed by atoms with Gasteiger partial charge in [-0.2, -0.15) is 0 Å². The molecule has 0 aliphatic rings. The second-order valence-electron chi connectivity index (χ2n) is 2.36. The highest BCUT2D eigenvalue weighted by Gasteiger charge is 2.00. The van der Waals surface area contributed by atoms with Crippen LogP contribution in [0.15, 0.2) is 22.8 Å². The number of nitrogen functional groups attached to an aromatic ring is 1. The molecule has 0 unspecified atom stereocenters. The van der Waals surface area contributed by atoms with E-state index in [1.54, 1.807) is 12.3 Å². The normalized spacial score (nSPS) is 10.2. The van der Waals surface area contributed by atoms with Crippen LogP contribution in [0, 0.1) is 0 Å². The summed E-state index contributed by atoms with van der Waals surface area (Å²) in [5.74, 6) is 1.00. The van der Waals surface area contributed by atoms with Gasteiger partial charge in [-0.1, -0.05) is 5.10 Å². The van der Waals surface area contributed by atoms with Crippen molar-refractivity contribution in [1.29, 1.82) is 0 Å². The monoisotopic (exact) mass is 180 g/mol. The van der Waals surface area contributed by atoms with Crippen molar-refractivity contribution in [1.82, 2.24) is 20.3 Å². The van der Waals surface area contributed by atoms with Gasteiger partial charge in [0, 0.05) is 0 Å². The van der Waals surface area contributed by atoms with Crippen LogP contribution in [0.1, 0.15) is 5.76 Å². The van der Waals surface area contributed by atoms with Crippen molar-refractivity contribution >= 4 is 5.95 Å². The highest BCUT2D eigenvalue weighted by Crippen LogP contribution is 1.99. The van der Waals surface area contributed by atoms with Gasteiger partial charge >= 0.3 is 0 Å². The number of nitrogens with one attached hydrogen (secondary N) is 1. The Hall–Kier alpha value is -2.05. The molecule has 0 aliphatic carbocycles. The van der Waals surface area contributed by atoms with E-state index < -0.39 is 0 Å². The molecule has 0 radical (unpaired) electrons. The fourth-order valence-electron chi connectivity index (χ4n) is 0.873. The Morgan fingerprint density at radius 1 is 1.62 bits per heavy atom. The van der Waals surface area contributed by atoms with Gasteiger partial charge in [0.05, 0.1) is 12.8 Å². The van der Waals surface area contributed by atoms with E-state index in [0.717, 1.165) is 5.76 Å². The summed E-state index contributed by atoms with van der Waals surface area (Å²) in [6.07, 6.45) is 1.60. The molecule has 2 aromatic heterocycles. The molecule has 0 spiro atoms. The SMILES string of the molecule is Nc1nnnn1NCc1ccco1. The van der Waals surface area contributed by atoms with E-state index in [-0.39, 0.29) is 5.95 Å². The molecule has 13 heavy (non-hydrogen) atoms. The van der Waals surface area contributed by atoms with E-state index in [4.69, 9.17) is 10.2 Å². The van der Waals surface area contributed by atoms with E-state index in [2.05, 4.69) is 21.0 Å². The number of aromatic nitrogens is 4. The number of tetrazole rings is 1. The molecule has 68 valence electrons. The maximum absolute atomic E-state index is 5.41. The summed E-state index contributed by atoms with van der Waals surface area (Å²) >= 11 is 0. The average molecular weight is 180 g/mol.